The molecule has 3 N–H and O–H groups in total. The second-order valence-corrected chi connectivity index (χ2v) is 5.48. The molecule has 0 spiro atoms. The minimum absolute atomic E-state index is 0.302. The van der Waals surface area contributed by atoms with Crippen molar-refractivity contribution in [1.29, 1.82) is 0 Å². The number of halogens is 3. The molecule has 0 radical (unpaired) electrons. The molecule has 0 saturated heterocycles. The van der Waals surface area contributed by atoms with E-state index in [1.54, 1.807) is 0 Å². The third-order valence-corrected chi connectivity index (χ3v) is 3.94. The summed E-state index contributed by atoms with van der Waals surface area (Å²) in [4.78, 5) is 9.94. The zero-order valence-electron chi connectivity index (χ0n) is 8.21. The molecule has 0 aromatic heterocycles. The quantitative estimate of drug-likeness (QED) is 0.810. The summed E-state index contributed by atoms with van der Waals surface area (Å²) in [6, 6.07) is 2.07. The highest BCUT2D eigenvalue weighted by atomic mass is 35.5. The maximum atomic E-state index is 13.3. The summed E-state index contributed by atoms with van der Waals surface area (Å²) in [7, 11) is -4.11. The van der Waals surface area contributed by atoms with Crippen molar-refractivity contribution in [3.05, 3.63) is 28.0 Å². The van der Waals surface area contributed by atoms with E-state index in [1.165, 1.54) is 0 Å². The zero-order valence-corrected chi connectivity index (χ0v) is 10.5. The number of nitrogens with one attached hydrogen (secondary N) is 1. The van der Waals surface area contributed by atoms with Crippen molar-refractivity contribution in [2.24, 2.45) is 5.73 Å². The van der Waals surface area contributed by atoms with Crippen molar-refractivity contribution in [2.45, 2.75) is 4.90 Å². The van der Waals surface area contributed by atoms with Crippen LogP contribution in [0.25, 0.3) is 0 Å². The Morgan fingerprint density at radius 1 is 1.41 bits per heavy atom. The molecule has 5 nitrogen and oxygen atoms in total. The summed E-state index contributed by atoms with van der Waals surface area (Å²) < 4.78 is 38.4. The summed E-state index contributed by atoms with van der Waals surface area (Å²) in [6.07, 6.45) is 0. The predicted octanol–water partition coefficient (Wildman–Crippen LogP) is 0.896. The number of sulfonamides is 1. The van der Waals surface area contributed by atoms with E-state index in [0.29, 0.717) is 0 Å². The summed E-state index contributed by atoms with van der Waals surface area (Å²) in [6.45, 7) is -0.608. The number of hydrogen-bond donors (Lipinski definition) is 2. The van der Waals surface area contributed by atoms with Crippen molar-refractivity contribution in [3.63, 3.8) is 0 Å². The molecule has 0 atom stereocenters. The largest absolute Gasteiger partial charge is 0.369 e. The minimum Gasteiger partial charge on any atom is -0.369 e. The Hall–Kier alpha value is -0.890. The number of amides is 1. The molecule has 1 aromatic rings. The van der Waals surface area contributed by atoms with Crippen molar-refractivity contribution in [2.75, 3.05) is 6.54 Å². The Morgan fingerprint density at radius 2 is 2.00 bits per heavy atom. The highest BCUT2D eigenvalue weighted by Gasteiger charge is 2.22. The number of primary amides is 1. The molecular weight excluding hydrogens is 294 g/mol. The molecule has 0 unspecified atom stereocenters. The second-order valence-electron chi connectivity index (χ2n) is 2.96. The third-order valence-electron chi connectivity index (χ3n) is 1.73. The van der Waals surface area contributed by atoms with Crippen LogP contribution in [0.1, 0.15) is 0 Å². The van der Waals surface area contributed by atoms with E-state index >= 15 is 0 Å². The van der Waals surface area contributed by atoms with Gasteiger partial charge in [0.05, 0.1) is 16.6 Å². The van der Waals surface area contributed by atoms with E-state index in [4.69, 9.17) is 28.9 Å². The lowest BCUT2D eigenvalue weighted by Crippen LogP contribution is -2.33. The first-order valence-electron chi connectivity index (χ1n) is 4.17. The fourth-order valence-electron chi connectivity index (χ4n) is 0.960. The van der Waals surface area contributed by atoms with Gasteiger partial charge in [0.15, 0.2) is 5.82 Å². The highest BCUT2D eigenvalue weighted by molar-refractivity contribution is 7.89. The predicted molar refractivity (Wildman–Crippen MR) is 60.8 cm³/mol. The van der Waals surface area contributed by atoms with E-state index in [0.717, 1.165) is 12.1 Å². The van der Waals surface area contributed by atoms with Crippen LogP contribution >= 0.6 is 23.2 Å². The van der Waals surface area contributed by atoms with Gasteiger partial charge >= 0.3 is 0 Å². The Labute approximate surface area is 107 Å². The van der Waals surface area contributed by atoms with E-state index < -0.39 is 38.2 Å². The second kappa shape index (κ2) is 5.18. The van der Waals surface area contributed by atoms with Gasteiger partial charge in [0.2, 0.25) is 15.9 Å². The van der Waals surface area contributed by atoms with Crippen LogP contribution in [0.2, 0.25) is 10.0 Å². The SMILES string of the molecule is NC(=O)CNS(=O)(=O)c1ccc(Cl)c(F)c1Cl. The topological polar surface area (TPSA) is 89.3 Å². The van der Waals surface area contributed by atoms with Crippen molar-refractivity contribution >= 4 is 39.1 Å². The summed E-state index contributed by atoms with van der Waals surface area (Å²) in [5.41, 5.74) is 4.78. The Bertz CT molecular complexity index is 562. The average molecular weight is 301 g/mol. The lowest BCUT2D eigenvalue weighted by atomic mass is 10.3. The zero-order chi connectivity index (χ0) is 13.2. The lowest BCUT2D eigenvalue weighted by molar-refractivity contribution is -0.116. The van der Waals surface area contributed by atoms with Crippen LogP contribution in [0.15, 0.2) is 17.0 Å². The molecule has 1 amide bonds. The molecule has 0 aliphatic rings. The molecule has 0 heterocycles. The molecule has 9 heteroatoms. The molecule has 17 heavy (non-hydrogen) atoms. The van der Waals surface area contributed by atoms with Gasteiger partial charge in [-0.05, 0) is 12.1 Å². The molecule has 0 aliphatic heterocycles. The molecule has 0 aliphatic carbocycles. The minimum atomic E-state index is -4.11. The number of carbonyl (C=O) groups excluding carboxylic acids is 1. The molecule has 0 saturated carbocycles. The van der Waals surface area contributed by atoms with E-state index in [2.05, 4.69) is 0 Å². The maximum Gasteiger partial charge on any atom is 0.242 e. The molecular formula is C8H7Cl2FN2O3S. The van der Waals surface area contributed by atoms with Gasteiger partial charge in [0.25, 0.3) is 0 Å². The third kappa shape index (κ3) is 3.29. The molecule has 94 valence electrons. The van der Waals surface area contributed by atoms with E-state index in [9.17, 15) is 17.6 Å². The Balaban J connectivity index is 3.16. The van der Waals surface area contributed by atoms with E-state index in [1.807, 2.05) is 4.72 Å². The molecule has 0 fully saturated rings. The van der Waals surface area contributed by atoms with Gasteiger partial charge in [-0.2, -0.15) is 0 Å². The Morgan fingerprint density at radius 3 is 2.53 bits per heavy atom. The van der Waals surface area contributed by atoms with Gasteiger partial charge in [-0.1, -0.05) is 23.2 Å². The monoisotopic (exact) mass is 300 g/mol. The van der Waals surface area contributed by atoms with Crippen LogP contribution in [-0.2, 0) is 14.8 Å². The number of carbonyl (C=O) groups is 1. The van der Waals surface area contributed by atoms with Crippen molar-refractivity contribution in [3.8, 4) is 0 Å². The normalized spacial score (nSPS) is 11.5. The van der Waals surface area contributed by atoms with Gasteiger partial charge in [0, 0.05) is 0 Å². The number of rotatable bonds is 4. The first-order valence-corrected chi connectivity index (χ1v) is 6.41. The lowest BCUT2D eigenvalue weighted by Gasteiger charge is -2.08. The van der Waals surface area contributed by atoms with Crippen LogP contribution in [0.4, 0.5) is 4.39 Å². The van der Waals surface area contributed by atoms with Gasteiger partial charge in [-0.3, -0.25) is 4.79 Å². The fraction of sp³-hybridized carbons (Fsp3) is 0.125. The van der Waals surface area contributed by atoms with Gasteiger partial charge < -0.3 is 5.73 Å². The van der Waals surface area contributed by atoms with Gasteiger partial charge in [0.1, 0.15) is 4.90 Å². The van der Waals surface area contributed by atoms with Crippen LogP contribution < -0.4 is 10.5 Å². The maximum absolute atomic E-state index is 13.3. The van der Waals surface area contributed by atoms with Crippen molar-refractivity contribution in [1.82, 2.24) is 4.72 Å². The van der Waals surface area contributed by atoms with Crippen LogP contribution in [0, 0.1) is 5.82 Å². The summed E-state index contributed by atoms with van der Waals surface area (Å²) in [5, 5.41) is -0.946. The van der Waals surface area contributed by atoms with Crippen LogP contribution in [0.5, 0.6) is 0 Å². The van der Waals surface area contributed by atoms with Crippen LogP contribution in [-0.4, -0.2) is 20.9 Å². The number of nitrogens with two attached hydrogens (primary N) is 1. The van der Waals surface area contributed by atoms with E-state index in [-0.39, 0.29) is 5.02 Å². The molecule has 1 rings (SSSR count). The summed E-state index contributed by atoms with van der Waals surface area (Å²) in [5.74, 6) is -1.92. The van der Waals surface area contributed by atoms with Gasteiger partial charge in [-0.25, -0.2) is 17.5 Å². The smallest absolute Gasteiger partial charge is 0.242 e. The molecule has 1 aromatic carbocycles. The fourth-order valence-corrected chi connectivity index (χ4v) is 2.70. The summed E-state index contributed by atoms with van der Waals surface area (Å²) >= 11 is 10.9. The standard InChI is InChI=1S/C8H7Cl2FN2O3S/c9-4-1-2-5(7(10)8(4)11)17(15,16)13-3-6(12)14/h1-2,13H,3H2,(H2,12,14). The number of benzene rings is 1. The Kier molecular flexibility index (Phi) is 4.31. The first kappa shape index (κ1) is 14.2. The molecule has 0 bridgehead atoms. The van der Waals surface area contributed by atoms with Crippen molar-refractivity contribution < 1.29 is 17.6 Å². The van der Waals surface area contributed by atoms with Gasteiger partial charge in [-0.15, -0.1) is 0 Å². The number of hydrogen-bond acceptors (Lipinski definition) is 3. The first-order chi connectivity index (χ1) is 7.75. The van der Waals surface area contributed by atoms with Crippen LogP contribution in [0.3, 0.4) is 0 Å². The average Bonchev–Trinajstić information content (AvgIpc) is 2.23. The highest BCUT2D eigenvalue weighted by Crippen LogP contribution is 2.29.